The molecule has 1 aromatic carbocycles. The van der Waals surface area contributed by atoms with Gasteiger partial charge in [0.1, 0.15) is 9.96 Å². The molecule has 1 aromatic heterocycles. The maximum absolute atomic E-state index is 12.3. The lowest BCUT2D eigenvalue weighted by Gasteiger charge is -2.09. The summed E-state index contributed by atoms with van der Waals surface area (Å²) in [6.45, 7) is 1.84. The van der Waals surface area contributed by atoms with Crippen LogP contribution in [0.1, 0.15) is 5.56 Å². The number of hydrogen-bond donors (Lipinski definition) is 1. The van der Waals surface area contributed by atoms with Crippen molar-refractivity contribution in [3.05, 3.63) is 38.6 Å². The van der Waals surface area contributed by atoms with Gasteiger partial charge in [0.25, 0.3) is 10.0 Å². The SMILES string of the molecule is COc1cc(NS(=O)(=O)c2cc(C)c(Br)s2)ccc1Cl. The van der Waals surface area contributed by atoms with E-state index in [9.17, 15) is 8.42 Å². The number of sulfonamides is 1. The van der Waals surface area contributed by atoms with E-state index in [0.29, 0.717) is 16.5 Å². The Morgan fingerprint density at radius 2 is 2.05 bits per heavy atom. The number of hydrogen-bond acceptors (Lipinski definition) is 4. The maximum Gasteiger partial charge on any atom is 0.271 e. The highest BCUT2D eigenvalue weighted by atomic mass is 79.9. The lowest BCUT2D eigenvalue weighted by Crippen LogP contribution is -2.11. The second-order valence-electron chi connectivity index (χ2n) is 3.98. The summed E-state index contributed by atoms with van der Waals surface area (Å²) in [7, 11) is -2.14. The fourth-order valence-electron chi connectivity index (χ4n) is 1.49. The minimum Gasteiger partial charge on any atom is -0.495 e. The molecule has 1 N–H and O–H groups in total. The fourth-order valence-corrected chi connectivity index (χ4v) is 4.96. The Labute approximate surface area is 134 Å². The van der Waals surface area contributed by atoms with E-state index in [2.05, 4.69) is 20.7 Å². The van der Waals surface area contributed by atoms with Gasteiger partial charge in [-0.25, -0.2) is 8.42 Å². The molecule has 0 aliphatic rings. The number of ether oxygens (including phenoxy) is 1. The van der Waals surface area contributed by atoms with Gasteiger partial charge in [0.15, 0.2) is 0 Å². The molecule has 0 unspecified atom stereocenters. The van der Waals surface area contributed by atoms with Gasteiger partial charge in [0.05, 0.1) is 21.6 Å². The molecule has 0 saturated heterocycles. The van der Waals surface area contributed by atoms with Crippen LogP contribution in [-0.4, -0.2) is 15.5 Å². The predicted octanol–water partition coefficient (Wildman–Crippen LogP) is 4.28. The van der Waals surface area contributed by atoms with Crippen LogP contribution in [0.3, 0.4) is 0 Å². The zero-order chi connectivity index (χ0) is 14.9. The molecule has 0 radical (unpaired) electrons. The van der Waals surface area contributed by atoms with Crippen molar-refractivity contribution in [1.29, 1.82) is 0 Å². The van der Waals surface area contributed by atoms with Crippen LogP contribution in [0.25, 0.3) is 0 Å². The highest BCUT2D eigenvalue weighted by Gasteiger charge is 2.19. The summed E-state index contributed by atoms with van der Waals surface area (Å²) < 4.78 is 33.1. The molecule has 0 atom stereocenters. The third kappa shape index (κ3) is 3.28. The van der Waals surface area contributed by atoms with Gasteiger partial charge < -0.3 is 4.74 Å². The van der Waals surface area contributed by atoms with Crippen molar-refractivity contribution in [2.24, 2.45) is 0 Å². The molecule has 0 saturated carbocycles. The summed E-state index contributed by atoms with van der Waals surface area (Å²) >= 11 is 10.4. The van der Waals surface area contributed by atoms with Crippen LogP contribution in [0, 0.1) is 6.92 Å². The molecule has 0 fully saturated rings. The standard InChI is InChI=1S/C12H11BrClNO3S2/c1-7-5-11(19-12(7)13)20(16,17)15-8-3-4-9(14)10(6-8)18-2/h3-6,15H,1-2H3. The van der Waals surface area contributed by atoms with E-state index in [0.717, 1.165) is 20.7 Å². The van der Waals surface area contributed by atoms with Crippen LogP contribution in [0.5, 0.6) is 5.75 Å². The van der Waals surface area contributed by atoms with Crippen LogP contribution < -0.4 is 9.46 Å². The van der Waals surface area contributed by atoms with Crippen molar-refractivity contribution in [1.82, 2.24) is 0 Å². The number of thiophene rings is 1. The van der Waals surface area contributed by atoms with Crippen LogP contribution in [0.15, 0.2) is 32.3 Å². The molecular weight excluding hydrogens is 386 g/mol. The molecule has 0 aliphatic heterocycles. The molecular formula is C12H11BrClNO3S2. The first-order valence-corrected chi connectivity index (χ1v) is 8.93. The Balaban J connectivity index is 2.33. The molecule has 108 valence electrons. The van der Waals surface area contributed by atoms with E-state index >= 15 is 0 Å². The summed E-state index contributed by atoms with van der Waals surface area (Å²) in [5.41, 5.74) is 1.28. The predicted molar refractivity (Wildman–Crippen MR) is 85.6 cm³/mol. The van der Waals surface area contributed by atoms with E-state index in [1.54, 1.807) is 18.2 Å². The molecule has 8 heteroatoms. The molecule has 0 spiro atoms. The van der Waals surface area contributed by atoms with Gasteiger partial charge in [0.2, 0.25) is 0 Å². The Kier molecular flexibility index (Phi) is 4.63. The maximum atomic E-state index is 12.3. The minimum absolute atomic E-state index is 0.246. The molecule has 20 heavy (non-hydrogen) atoms. The average molecular weight is 397 g/mol. The second-order valence-corrected chi connectivity index (χ2v) is 8.66. The minimum atomic E-state index is -3.61. The van der Waals surface area contributed by atoms with Crippen molar-refractivity contribution < 1.29 is 13.2 Å². The molecule has 1 heterocycles. The second kappa shape index (κ2) is 5.93. The van der Waals surface area contributed by atoms with Crippen molar-refractivity contribution in [3.8, 4) is 5.75 Å². The zero-order valence-electron chi connectivity index (χ0n) is 10.6. The van der Waals surface area contributed by atoms with Crippen LogP contribution in [0.4, 0.5) is 5.69 Å². The van der Waals surface area contributed by atoms with Crippen LogP contribution >= 0.6 is 38.9 Å². The largest absolute Gasteiger partial charge is 0.495 e. The molecule has 4 nitrogen and oxygen atoms in total. The topological polar surface area (TPSA) is 55.4 Å². The molecule has 0 aliphatic carbocycles. The normalized spacial score (nSPS) is 11.4. The van der Waals surface area contributed by atoms with Gasteiger partial charge in [-0.05, 0) is 46.6 Å². The Morgan fingerprint density at radius 3 is 2.60 bits per heavy atom. The first kappa shape index (κ1) is 15.6. The first-order valence-electron chi connectivity index (χ1n) is 5.46. The molecule has 0 bridgehead atoms. The summed E-state index contributed by atoms with van der Waals surface area (Å²) in [6.07, 6.45) is 0. The highest BCUT2D eigenvalue weighted by Crippen LogP contribution is 2.33. The smallest absolute Gasteiger partial charge is 0.271 e. The van der Waals surface area contributed by atoms with Crippen LogP contribution in [0.2, 0.25) is 5.02 Å². The van der Waals surface area contributed by atoms with Crippen molar-refractivity contribution in [2.45, 2.75) is 11.1 Å². The third-order valence-electron chi connectivity index (χ3n) is 2.50. The zero-order valence-corrected chi connectivity index (χ0v) is 14.6. The number of benzene rings is 1. The monoisotopic (exact) mass is 395 g/mol. The number of nitrogens with one attached hydrogen (secondary N) is 1. The van der Waals surface area contributed by atoms with Gasteiger partial charge in [0, 0.05) is 6.07 Å². The lowest BCUT2D eigenvalue weighted by molar-refractivity contribution is 0.415. The molecule has 2 aromatic rings. The van der Waals surface area contributed by atoms with Gasteiger partial charge >= 0.3 is 0 Å². The molecule has 2 rings (SSSR count). The number of rotatable bonds is 4. The van der Waals surface area contributed by atoms with Gasteiger partial charge in [-0.15, -0.1) is 11.3 Å². The van der Waals surface area contributed by atoms with E-state index in [-0.39, 0.29) is 4.21 Å². The van der Waals surface area contributed by atoms with Gasteiger partial charge in [-0.1, -0.05) is 11.6 Å². The fraction of sp³-hybridized carbons (Fsp3) is 0.167. The number of halogens is 2. The van der Waals surface area contributed by atoms with Crippen molar-refractivity contribution in [3.63, 3.8) is 0 Å². The highest BCUT2D eigenvalue weighted by molar-refractivity contribution is 9.11. The van der Waals surface area contributed by atoms with E-state index in [1.165, 1.54) is 13.2 Å². The number of aryl methyl sites for hydroxylation is 1. The third-order valence-corrected chi connectivity index (χ3v) is 6.81. The average Bonchev–Trinajstić information content (AvgIpc) is 2.72. The summed E-state index contributed by atoms with van der Waals surface area (Å²) in [5.74, 6) is 0.412. The number of anilines is 1. The van der Waals surface area contributed by atoms with Gasteiger partial charge in [-0.3, -0.25) is 4.72 Å². The van der Waals surface area contributed by atoms with E-state index in [1.807, 2.05) is 6.92 Å². The summed E-state index contributed by atoms with van der Waals surface area (Å²) in [5, 5.41) is 0.421. The van der Waals surface area contributed by atoms with E-state index < -0.39 is 10.0 Å². The first-order chi connectivity index (χ1) is 9.33. The van der Waals surface area contributed by atoms with E-state index in [4.69, 9.17) is 16.3 Å². The Bertz CT molecular complexity index is 724. The summed E-state index contributed by atoms with van der Waals surface area (Å²) in [6, 6.07) is 6.31. The quantitative estimate of drug-likeness (QED) is 0.839. The number of methoxy groups -OCH3 is 1. The molecule has 0 amide bonds. The Hall–Kier alpha value is -0.760. The Morgan fingerprint density at radius 1 is 1.35 bits per heavy atom. The van der Waals surface area contributed by atoms with Gasteiger partial charge in [-0.2, -0.15) is 0 Å². The van der Waals surface area contributed by atoms with Crippen LogP contribution in [-0.2, 0) is 10.0 Å². The van der Waals surface area contributed by atoms with Crippen molar-refractivity contribution in [2.75, 3.05) is 11.8 Å². The lowest BCUT2D eigenvalue weighted by atomic mass is 10.3. The summed E-state index contributed by atoms with van der Waals surface area (Å²) in [4.78, 5) is 0. The van der Waals surface area contributed by atoms with Crippen molar-refractivity contribution >= 4 is 54.6 Å².